The normalized spacial score (nSPS) is 24.4. The lowest BCUT2D eigenvalue weighted by molar-refractivity contribution is -0.384. The summed E-state index contributed by atoms with van der Waals surface area (Å²) in [6, 6.07) is 2.80. The van der Waals surface area contributed by atoms with Gasteiger partial charge in [-0.25, -0.2) is 0 Å². The van der Waals surface area contributed by atoms with E-state index >= 15 is 0 Å². The van der Waals surface area contributed by atoms with Crippen LogP contribution in [-0.4, -0.2) is 23.1 Å². The summed E-state index contributed by atoms with van der Waals surface area (Å²) in [5.41, 5.74) is 0.224. The molecule has 0 saturated heterocycles. The number of anilines is 1. The molecule has 0 bridgehead atoms. The van der Waals surface area contributed by atoms with Crippen LogP contribution in [-0.2, 0) is 0 Å². The summed E-state index contributed by atoms with van der Waals surface area (Å²) < 4.78 is 5.94. The topological polar surface area (TPSA) is 77.3 Å². The maximum absolute atomic E-state index is 11.0. The molecule has 116 valence electrons. The zero-order valence-electron chi connectivity index (χ0n) is 13.0. The fraction of sp³-hybridized carbons (Fsp3) is 0.667. The van der Waals surface area contributed by atoms with Crippen LogP contribution < -0.4 is 10.1 Å². The molecule has 0 aromatic carbocycles. The molecular weight excluding hydrogens is 270 g/mol. The largest absolute Gasteiger partial charge is 0.474 e. The van der Waals surface area contributed by atoms with E-state index in [-0.39, 0.29) is 17.2 Å². The van der Waals surface area contributed by atoms with Crippen molar-refractivity contribution in [3.63, 3.8) is 0 Å². The van der Waals surface area contributed by atoms with Gasteiger partial charge >= 0.3 is 0 Å². The van der Waals surface area contributed by atoms with Crippen molar-refractivity contribution in [1.29, 1.82) is 0 Å². The molecule has 6 nitrogen and oxygen atoms in total. The third-order valence-corrected chi connectivity index (χ3v) is 3.89. The molecule has 2 unspecified atom stereocenters. The van der Waals surface area contributed by atoms with Gasteiger partial charge in [0.05, 0.1) is 17.1 Å². The molecule has 1 heterocycles. The van der Waals surface area contributed by atoms with E-state index in [9.17, 15) is 10.1 Å². The first-order valence-corrected chi connectivity index (χ1v) is 7.30. The second-order valence-electron chi connectivity index (χ2n) is 6.71. The van der Waals surface area contributed by atoms with E-state index in [0.717, 1.165) is 12.8 Å². The van der Waals surface area contributed by atoms with Gasteiger partial charge in [0.1, 0.15) is 11.9 Å². The minimum absolute atomic E-state index is 0.00697. The van der Waals surface area contributed by atoms with Crippen molar-refractivity contribution in [3.8, 4) is 5.88 Å². The van der Waals surface area contributed by atoms with E-state index in [1.54, 1.807) is 7.05 Å². The summed E-state index contributed by atoms with van der Waals surface area (Å²) in [5.74, 6) is 1.35. The number of rotatable bonds is 4. The lowest BCUT2D eigenvalue weighted by atomic mass is 9.71. The molecule has 0 aliphatic heterocycles. The summed E-state index contributed by atoms with van der Waals surface area (Å²) in [6.45, 7) is 6.69. The molecule has 1 aliphatic rings. The number of nitrogens with one attached hydrogen (secondary N) is 1. The molecule has 21 heavy (non-hydrogen) atoms. The van der Waals surface area contributed by atoms with Crippen LogP contribution >= 0.6 is 0 Å². The smallest absolute Gasteiger partial charge is 0.278 e. The SMILES string of the molecule is CNc1cc([N+](=O)[O-])cc(OC2CC(C)CC(C)(C)C2)n1. The highest BCUT2D eigenvalue weighted by Gasteiger charge is 2.33. The van der Waals surface area contributed by atoms with Crippen molar-refractivity contribution in [2.45, 2.75) is 46.1 Å². The van der Waals surface area contributed by atoms with Gasteiger partial charge in [0, 0.05) is 7.05 Å². The van der Waals surface area contributed by atoms with Crippen LogP contribution in [0.1, 0.15) is 40.0 Å². The highest BCUT2D eigenvalue weighted by atomic mass is 16.6. The van der Waals surface area contributed by atoms with E-state index in [2.05, 4.69) is 31.1 Å². The monoisotopic (exact) mass is 293 g/mol. The zero-order valence-corrected chi connectivity index (χ0v) is 13.0. The Labute approximate surface area is 125 Å². The van der Waals surface area contributed by atoms with E-state index in [0.29, 0.717) is 17.6 Å². The second-order valence-corrected chi connectivity index (χ2v) is 6.71. The maximum atomic E-state index is 11.0. The van der Waals surface area contributed by atoms with Crippen LogP contribution in [0, 0.1) is 21.4 Å². The summed E-state index contributed by atoms with van der Waals surface area (Å²) in [4.78, 5) is 14.8. The standard InChI is InChI=1S/C15H23N3O3/c1-10-5-12(9-15(2,3)8-10)21-14-7-11(18(19)20)6-13(16-4)17-14/h6-7,10,12H,5,8-9H2,1-4H3,(H,16,17). The number of nitrogens with zero attached hydrogens (tertiary/aromatic N) is 2. The Hall–Kier alpha value is -1.85. The first-order valence-electron chi connectivity index (χ1n) is 7.30. The molecular formula is C15H23N3O3. The molecule has 0 amide bonds. The number of ether oxygens (including phenoxy) is 1. The van der Waals surface area contributed by atoms with Crippen LogP contribution in [0.5, 0.6) is 5.88 Å². The van der Waals surface area contributed by atoms with Crippen LogP contribution in [0.3, 0.4) is 0 Å². The predicted octanol–water partition coefficient (Wildman–Crippen LogP) is 3.63. The lowest BCUT2D eigenvalue weighted by Crippen LogP contribution is -2.34. The fourth-order valence-electron chi connectivity index (χ4n) is 3.30. The number of pyridine rings is 1. The third-order valence-electron chi connectivity index (χ3n) is 3.89. The fourth-order valence-corrected chi connectivity index (χ4v) is 3.30. The molecule has 2 rings (SSSR count). The maximum Gasteiger partial charge on any atom is 0.278 e. The first-order chi connectivity index (χ1) is 9.79. The Balaban J connectivity index is 2.18. The first kappa shape index (κ1) is 15.5. The van der Waals surface area contributed by atoms with Gasteiger partial charge in [-0.1, -0.05) is 20.8 Å². The van der Waals surface area contributed by atoms with Crippen molar-refractivity contribution in [2.75, 3.05) is 12.4 Å². The van der Waals surface area contributed by atoms with Gasteiger partial charge in [0.15, 0.2) is 0 Å². The zero-order chi connectivity index (χ0) is 15.6. The molecule has 0 spiro atoms. The second kappa shape index (κ2) is 5.87. The summed E-state index contributed by atoms with van der Waals surface area (Å²) in [6.07, 6.45) is 3.14. The Bertz CT molecular complexity index is 531. The molecule has 2 atom stereocenters. The number of hydrogen-bond donors (Lipinski definition) is 1. The summed E-state index contributed by atoms with van der Waals surface area (Å²) in [7, 11) is 1.68. The van der Waals surface area contributed by atoms with E-state index in [1.807, 2.05) is 0 Å². The van der Waals surface area contributed by atoms with Crippen molar-refractivity contribution < 1.29 is 9.66 Å². The highest BCUT2D eigenvalue weighted by molar-refractivity contribution is 5.47. The minimum atomic E-state index is -0.428. The molecule has 1 aromatic rings. The van der Waals surface area contributed by atoms with Crippen LogP contribution in [0.15, 0.2) is 12.1 Å². The Kier molecular flexibility index (Phi) is 4.34. The number of aromatic nitrogens is 1. The number of hydrogen-bond acceptors (Lipinski definition) is 5. The van der Waals surface area contributed by atoms with Crippen molar-refractivity contribution in [3.05, 3.63) is 22.2 Å². The van der Waals surface area contributed by atoms with Crippen LogP contribution in [0.25, 0.3) is 0 Å². The molecule has 1 N–H and O–H groups in total. The van der Waals surface area contributed by atoms with E-state index in [1.165, 1.54) is 18.6 Å². The third kappa shape index (κ3) is 4.06. The van der Waals surface area contributed by atoms with Crippen molar-refractivity contribution in [1.82, 2.24) is 4.98 Å². The van der Waals surface area contributed by atoms with Gasteiger partial charge < -0.3 is 10.1 Å². The van der Waals surface area contributed by atoms with Crippen LogP contribution in [0.2, 0.25) is 0 Å². The van der Waals surface area contributed by atoms with Crippen LogP contribution in [0.4, 0.5) is 11.5 Å². The Morgan fingerprint density at radius 1 is 1.43 bits per heavy atom. The quantitative estimate of drug-likeness (QED) is 0.677. The Morgan fingerprint density at radius 2 is 2.14 bits per heavy atom. The van der Waals surface area contributed by atoms with Gasteiger partial charge in [-0.2, -0.15) is 4.98 Å². The molecule has 0 radical (unpaired) electrons. The predicted molar refractivity (Wildman–Crippen MR) is 81.7 cm³/mol. The van der Waals surface area contributed by atoms with E-state index in [4.69, 9.17) is 4.74 Å². The molecule has 1 aliphatic carbocycles. The summed E-state index contributed by atoms with van der Waals surface area (Å²) >= 11 is 0. The lowest BCUT2D eigenvalue weighted by Gasteiger charge is -2.38. The van der Waals surface area contributed by atoms with Gasteiger partial charge in [-0.05, 0) is 30.6 Å². The van der Waals surface area contributed by atoms with Gasteiger partial charge in [0.2, 0.25) is 5.88 Å². The van der Waals surface area contributed by atoms with Gasteiger partial charge in [-0.15, -0.1) is 0 Å². The van der Waals surface area contributed by atoms with Crippen molar-refractivity contribution in [2.24, 2.45) is 11.3 Å². The highest BCUT2D eigenvalue weighted by Crippen LogP contribution is 2.40. The van der Waals surface area contributed by atoms with Crippen molar-refractivity contribution >= 4 is 11.5 Å². The molecule has 1 saturated carbocycles. The minimum Gasteiger partial charge on any atom is -0.474 e. The average molecular weight is 293 g/mol. The Morgan fingerprint density at radius 3 is 2.71 bits per heavy atom. The molecule has 1 aromatic heterocycles. The molecule has 6 heteroatoms. The van der Waals surface area contributed by atoms with E-state index < -0.39 is 4.92 Å². The van der Waals surface area contributed by atoms with Gasteiger partial charge in [0.25, 0.3) is 5.69 Å². The number of nitro groups is 1. The average Bonchev–Trinajstić information content (AvgIpc) is 2.35. The summed E-state index contributed by atoms with van der Waals surface area (Å²) in [5, 5.41) is 13.8. The van der Waals surface area contributed by atoms with Gasteiger partial charge in [-0.3, -0.25) is 10.1 Å². The molecule has 1 fully saturated rings.